The molecular weight excluding hydrogens is 242 g/mol. The fourth-order valence-electron chi connectivity index (χ4n) is 5.26. The van der Waals surface area contributed by atoms with Crippen molar-refractivity contribution in [3.05, 3.63) is 0 Å². The van der Waals surface area contributed by atoms with Crippen LogP contribution in [0.15, 0.2) is 0 Å². The lowest BCUT2D eigenvalue weighted by Crippen LogP contribution is -2.42. The summed E-state index contributed by atoms with van der Waals surface area (Å²) in [6.45, 7) is 0.740. The summed E-state index contributed by atoms with van der Waals surface area (Å²) in [5.41, 5.74) is 0. The lowest BCUT2D eigenvalue weighted by Gasteiger charge is -2.24. The van der Waals surface area contributed by atoms with Crippen molar-refractivity contribution in [3.63, 3.8) is 0 Å². The molecule has 0 spiro atoms. The average molecular weight is 263 g/mol. The van der Waals surface area contributed by atoms with E-state index < -0.39 is 0 Å². The van der Waals surface area contributed by atoms with Gasteiger partial charge < -0.3 is 9.64 Å². The number of hydrogen-bond donors (Lipinski definition) is 0. The molecule has 2 bridgehead atoms. The number of rotatable bonds is 2. The van der Waals surface area contributed by atoms with E-state index in [2.05, 4.69) is 0 Å². The molecule has 1 saturated heterocycles. The van der Waals surface area contributed by atoms with Crippen molar-refractivity contribution >= 4 is 11.9 Å². The zero-order valence-corrected chi connectivity index (χ0v) is 11.4. The zero-order valence-electron chi connectivity index (χ0n) is 11.4. The van der Waals surface area contributed by atoms with Crippen molar-refractivity contribution in [3.8, 4) is 0 Å². The van der Waals surface area contributed by atoms with Gasteiger partial charge in [-0.2, -0.15) is 0 Å². The third-order valence-electron chi connectivity index (χ3n) is 6.03. The summed E-state index contributed by atoms with van der Waals surface area (Å²) in [6.07, 6.45) is 5.72. The molecule has 1 heterocycles. The summed E-state index contributed by atoms with van der Waals surface area (Å²) in [5, 5.41) is 0. The zero-order chi connectivity index (χ0) is 13.1. The number of carbonyl (C=O) groups excluding carboxylic acids is 2. The van der Waals surface area contributed by atoms with Gasteiger partial charge in [0.05, 0.1) is 7.11 Å². The first-order valence-corrected chi connectivity index (χ1v) is 7.60. The molecule has 0 aromatic carbocycles. The number of amides is 1. The second-order valence-corrected chi connectivity index (χ2v) is 6.73. The van der Waals surface area contributed by atoms with E-state index in [0.717, 1.165) is 31.2 Å². The third-order valence-corrected chi connectivity index (χ3v) is 6.03. The standard InChI is InChI=1S/C15H21NO3/c1-19-15(18)10-3-2-6-16(10)14(17)13-11-8-4-5-9(7-8)12(11)13/h8-13H,2-7H2,1H3. The van der Waals surface area contributed by atoms with E-state index in [4.69, 9.17) is 4.74 Å². The largest absolute Gasteiger partial charge is 0.467 e. The smallest absolute Gasteiger partial charge is 0.328 e. The lowest BCUT2D eigenvalue weighted by molar-refractivity contribution is -0.151. The van der Waals surface area contributed by atoms with Crippen LogP contribution in [0, 0.1) is 29.6 Å². The summed E-state index contributed by atoms with van der Waals surface area (Å²) in [6, 6.07) is -0.309. The highest BCUT2D eigenvalue weighted by molar-refractivity contribution is 5.88. The first-order chi connectivity index (χ1) is 9.22. The molecule has 1 aliphatic heterocycles. The maximum atomic E-state index is 12.7. The van der Waals surface area contributed by atoms with E-state index >= 15 is 0 Å². The maximum Gasteiger partial charge on any atom is 0.328 e. The summed E-state index contributed by atoms with van der Waals surface area (Å²) in [7, 11) is 1.41. The molecule has 3 saturated carbocycles. The molecule has 4 heteroatoms. The molecule has 1 amide bonds. The van der Waals surface area contributed by atoms with Crippen LogP contribution < -0.4 is 0 Å². The van der Waals surface area contributed by atoms with Crippen LogP contribution in [-0.2, 0) is 14.3 Å². The lowest BCUT2D eigenvalue weighted by atomic mass is 10.0. The molecule has 0 N–H and O–H groups in total. The van der Waals surface area contributed by atoms with Crippen LogP contribution in [0.25, 0.3) is 0 Å². The topological polar surface area (TPSA) is 46.6 Å². The van der Waals surface area contributed by atoms with Gasteiger partial charge in [0.2, 0.25) is 5.91 Å². The quantitative estimate of drug-likeness (QED) is 0.708. The van der Waals surface area contributed by atoms with Crippen LogP contribution in [0.4, 0.5) is 0 Å². The number of hydrogen-bond acceptors (Lipinski definition) is 3. The van der Waals surface area contributed by atoms with E-state index in [0.29, 0.717) is 11.8 Å². The number of ether oxygens (including phenoxy) is 1. The van der Waals surface area contributed by atoms with E-state index in [1.165, 1.54) is 26.4 Å². The molecular formula is C15H21NO3. The monoisotopic (exact) mass is 263 g/mol. The first-order valence-electron chi connectivity index (χ1n) is 7.60. The Hall–Kier alpha value is -1.06. The van der Waals surface area contributed by atoms with Gasteiger partial charge in [0.25, 0.3) is 0 Å². The Morgan fingerprint density at radius 1 is 1.11 bits per heavy atom. The van der Waals surface area contributed by atoms with Crippen LogP contribution in [0.5, 0.6) is 0 Å². The molecule has 0 radical (unpaired) electrons. The molecule has 0 aromatic heterocycles. The Balaban J connectivity index is 1.48. The first kappa shape index (κ1) is 11.7. The average Bonchev–Trinajstić information content (AvgIpc) is 2.83. The molecule has 4 rings (SSSR count). The van der Waals surface area contributed by atoms with Crippen molar-refractivity contribution in [2.24, 2.45) is 29.6 Å². The summed E-state index contributed by atoms with van der Waals surface area (Å²) in [5.74, 6) is 3.19. The number of fused-ring (bicyclic) bond motifs is 5. The second-order valence-electron chi connectivity index (χ2n) is 6.73. The fourth-order valence-corrected chi connectivity index (χ4v) is 5.26. The van der Waals surface area contributed by atoms with E-state index in [1.54, 1.807) is 0 Å². The van der Waals surface area contributed by atoms with Gasteiger partial charge in [-0.25, -0.2) is 4.79 Å². The highest BCUT2D eigenvalue weighted by Crippen LogP contribution is 2.69. The Morgan fingerprint density at radius 2 is 1.79 bits per heavy atom. The summed E-state index contributed by atoms with van der Waals surface area (Å²) < 4.78 is 4.83. The molecule has 19 heavy (non-hydrogen) atoms. The molecule has 5 unspecified atom stereocenters. The summed E-state index contributed by atoms with van der Waals surface area (Å²) >= 11 is 0. The van der Waals surface area contributed by atoms with E-state index in [9.17, 15) is 9.59 Å². The number of esters is 1. The van der Waals surface area contributed by atoms with E-state index in [1.807, 2.05) is 4.90 Å². The van der Waals surface area contributed by atoms with Crippen LogP contribution in [0.3, 0.4) is 0 Å². The van der Waals surface area contributed by atoms with Crippen LogP contribution >= 0.6 is 0 Å². The Labute approximate surface area is 113 Å². The minimum Gasteiger partial charge on any atom is -0.467 e. The van der Waals surface area contributed by atoms with E-state index in [-0.39, 0.29) is 23.8 Å². The fraction of sp³-hybridized carbons (Fsp3) is 0.867. The third kappa shape index (κ3) is 1.52. The maximum absolute atomic E-state index is 12.7. The van der Waals surface area contributed by atoms with Gasteiger partial charge >= 0.3 is 5.97 Å². The highest BCUT2D eigenvalue weighted by atomic mass is 16.5. The van der Waals surface area contributed by atoms with Gasteiger partial charge in [-0.1, -0.05) is 0 Å². The molecule has 4 aliphatic rings. The van der Waals surface area contributed by atoms with Gasteiger partial charge in [-0.15, -0.1) is 0 Å². The van der Waals surface area contributed by atoms with Crippen molar-refractivity contribution in [1.29, 1.82) is 0 Å². The van der Waals surface area contributed by atoms with Gasteiger partial charge in [0.15, 0.2) is 0 Å². The Bertz CT molecular complexity index is 419. The Morgan fingerprint density at radius 3 is 2.42 bits per heavy atom. The van der Waals surface area contributed by atoms with Crippen LogP contribution in [-0.4, -0.2) is 36.5 Å². The van der Waals surface area contributed by atoms with Crippen molar-refractivity contribution in [2.45, 2.75) is 38.1 Å². The van der Waals surface area contributed by atoms with Gasteiger partial charge in [0.1, 0.15) is 6.04 Å². The Kier molecular flexibility index (Phi) is 2.45. The van der Waals surface area contributed by atoms with Crippen molar-refractivity contribution in [1.82, 2.24) is 4.90 Å². The van der Waals surface area contributed by atoms with Crippen LogP contribution in [0.1, 0.15) is 32.1 Å². The molecule has 104 valence electrons. The molecule has 4 fully saturated rings. The van der Waals surface area contributed by atoms with Crippen molar-refractivity contribution in [2.75, 3.05) is 13.7 Å². The van der Waals surface area contributed by atoms with Crippen molar-refractivity contribution < 1.29 is 14.3 Å². The minimum atomic E-state index is -0.309. The van der Waals surface area contributed by atoms with Gasteiger partial charge in [0, 0.05) is 12.5 Å². The number of methoxy groups -OCH3 is 1. The summed E-state index contributed by atoms with van der Waals surface area (Å²) in [4.78, 5) is 26.2. The predicted molar refractivity (Wildman–Crippen MR) is 68.1 cm³/mol. The van der Waals surface area contributed by atoms with Crippen LogP contribution in [0.2, 0.25) is 0 Å². The highest BCUT2D eigenvalue weighted by Gasteiger charge is 2.68. The SMILES string of the molecule is COC(=O)C1CCCN1C(=O)C1C2C3CCC(C3)C12. The predicted octanol–water partition coefficient (Wildman–Crippen LogP) is 1.44. The van der Waals surface area contributed by atoms with Gasteiger partial charge in [-0.3, -0.25) is 4.79 Å². The number of carbonyl (C=O) groups is 2. The minimum absolute atomic E-state index is 0.236. The molecule has 4 nitrogen and oxygen atoms in total. The number of likely N-dealkylation sites (tertiary alicyclic amines) is 1. The molecule has 5 atom stereocenters. The normalized spacial score (nSPS) is 46.3. The van der Waals surface area contributed by atoms with Gasteiger partial charge in [-0.05, 0) is 55.8 Å². The molecule has 3 aliphatic carbocycles. The molecule has 0 aromatic rings. The second kappa shape index (κ2) is 3.97. The number of nitrogens with zero attached hydrogens (tertiary/aromatic N) is 1.